The lowest BCUT2D eigenvalue weighted by atomic mass is 9.97. The number of hydrogen-bond donors (Lipinski definition) is 2. The van der Waals surface area contributed by atoms with E-state index in [1.807, 2.05) is 0 Å². The van der Waals surface area contributed by atoms with E-state index in [0.717, 1.165) is 0 Å². The molecule has 6 nitrogen and oxygen atoms in total. The van der Waals surface area contributed by atoms with Crippen molar-refractivity contribution in [3.8, 4) is 5.75 Å². The summed E-state index contributed by atoms with van der Waals surface area (Å²) in [6.45, 7) is 2.42. The number of hydrogen-bond acceptors (Lipinski definition) is 3. The van der Waals surface area contributed by atoms with Crippen molar-refractivity contribution in [2.24, 2.45) is 5.92 Å². The van der Waals surface area contributed by atoms with Gasteiger partial charge in [-0.25, -0.2) is 4.79 Å². The molecule has 1 saturated heterocycles. The average molecular weight is 360 g/mol. The smallest absolute Gasteiger partial charge is 0.481 e. The maximum absolute atomic E-state index is 12.2. The van der Waals surface area contributed by atoms with Crippen LogP contribution in [0.3, 0.4) is 0 Å². The van der Waals surface area contributed by atoms with E-state index in [1.165, 1.54) is 29.2 Å². The van der Waals surface area contributed by atoms with E-state index in [2.05, 4.69) is 10.1 Å². The highest BCUT2D eigenvalue weighted by molar-refractivity contribution is 5.75. The van der Waals surface area contributed by atoms with E-state index in [4.69, 9.17) is 5.11 Å². The number of likely N-dealkylation sites (tertiary alicyclic amines) is 1. The highest BCUT2D eigenvalue weighted by atomic mass is 19.4. The van der Waals surface area contributed by atoms with Crippen LogP contribution in [0.25, 0.3) is 0 Å². The van der Waals surface area contributed by atoms with Crippen molar-refractivity contribution in [2.45, 2.75) is 32.2 Å². The molecule has 0 unspecified atom stereocenters. The largest absolute Gasteiger partial charge is 0.573 e. The van der Waals surface area contributed by atoms with E-state index in [1.54, 1.807) is 6.92 Å². The van der Waals surface area contributed by atoms with E-state index in [9.17, 15) is 22.8 Å². The predicted molar refractivity (Wildman–Crippen MR) is 82.0 cm³/mol. The van der Waals surface area contributed by atoms with Crippen LogP contribution in [-0.4, -0.2) is 41.5 Å². The molecule has 0 aromatic heterocycles. The molecule has 25 heavy (non-hydrogen) atoms. The number of amides is 2. The van der Waals surface area contributed by atoms with E-state index in [-0.39, 0.29) is 11.8 Å². The third-order valence-electron chi connectivity index (χ3n) is 4.09. The number of alkyl halides is 3. The van der Waals surface area contributed by atoms with Gasteiger partial charge in [-0.15, -0.1) is 13.2 Å². The lowest BCUT2D eigenvalue weighted by Gasteiger charge is -2.31. The fourth-order valence-corrected chi connectivity index (χ4v) is 2.65. The number of halogens is 3. The second-order valence-corrected chi connectivity index (χ2v) is 5.89. The van der Waals surface area contributed by atoms with Crippen LogP contribution in [0.5, 0.6) is 5.75 Å². The summed E-state index contributed by atoms with van der Waals surface area (Å²) in [5.41, 5.74) is 0.628. The van der Waals surface area contributed by atoms with Gasteiger partial charge in [-0.2, -0.15) is 0 Å². The summed E-state index contributed by atoms with van der Waals surface area (Å²) >= 11 is 0. The van der Waals surface area contributed by atoms with Crippen LogP contribution in [0, 0.1) is 5.92 Å². The standard InChI is InChI=1S/C16H19F3N2O4/c1-10(11-2-4-13(5-3-11)25-16(17,18)19)20-15(24)21-8-6-12(7-9-21)14(22)23/h2-5,10,12H,6-9H2,1H3,(H,20,24)(H,22,23)/t10-/m0/s1. The molecule has 1 aromatic rings. The van der Waals surface area contributed by atoms with Crippen molar-refractivity contribution in [2.75, 3.05) is 13.1 Å². The lowest BCUT2D eigenvalue weighted by Crippen LogP contribution is -2.46. The molecule has 0 saturated carbocycles. The SMILES string of the molecule is C[C@H](NC(=O)N1CCC(C(=O)O)CC1)c1ccc(OC(F)(F)F)cc1. The molecule has 0 aliphatic carbocycles. The summed E-state index contributed by atoms with van der Waals surface area (Å²) in [6.07, 6.45) is -3.94. The van der Waals surface area contributed by atoms with Crippen molar-refractivity contribution in [3.05, 3.63) is 29.8 Å². The van der Waals surface area contributed by atoms with Crippen LogP contribution >= 0.6 is 0 Å². The number of benzene rings is 1. The molecule has 0 bridgehead atoms. The number of piperidine rings is 1. The van der Waals surface area contributed by atoms with Gasteiger partial charge in [0.05, 0.1) is 12.0 Å². The highest BCUT2D eigenvalue weighted by Crippen LogP contribution is 2.24. The normalized spacial score (nSPS) is 17.0. The summed E-state index contributed by atoms with van der Waals surface area (Å²) in [6, 6.07) is 4.52. The van der Waals surface area contributed by atoms with Crippen LogP contribution in [0.15, 0.2) is 24.3 Å². The number of urea groups is 1. The number of carboxylic acid groups (broad SMARTS) is 1. The van der Waals surface area contributed by atoms with Gasteiger partial charge < -0.3 is 20.1 Å². The number of carbonyl (C=O) groups is 2. The second-order valence-electron chi connectivity index (χ2n) is 5.89. The predicted octanol–water partition coefficient (Wildman–Crippen LogP) is 3.15. The van der Waals surface area contributed by atoms with Crippen LogP contribution in [0.4, 0.5) is 18.0 Å². The third kappa shape index (κ3) is 5.54. The van der Waals surface area contributed by atoms with Crippen molar-refractivity contribution in [3.63, 3.8) is 0 Å². The van der Waals surface area contributed by atoms with Gasteiger partial charge in [0.25, 0.3) is 0 Å². The van der Waals surface area contributed by atoms with Gasteiger partial charge in [-0.05, 0) is 37.5 Å². The summed E-state index contributed by atoms with van der Waals surface area (Å²) in [5.74, 6) is -1.61. The van der Waals surface area contributed by atoms with E-state index < -0.39 is 24.3 Å². The Balaban J connectivity index is 1.88. The number of carboxylic acids is 1. The molecule has 2 rings (SSSR count). The molecule has 1 atom stereocenters. The quantitative estimate of drug-likeness (QED) is 0.865. The van der Waals surface area contributed by atoms with Crippen molar-refractivity contribution >= 4 is 12.0 Å². The fourth-order valence-electron chi connectivity index (χ4n) is 2.65. The summed E-state index contributed by atoms with van der Waals surface area (Å²) in [5, 5.41) is 11.7. The van der Waals surface area contributed by atoms with Crippen LogP contribution in [0.1, 0.15) is 31.4 Å². The average Bonchev–Trinajstić information content (AvgIpc) is 2.54. The minimum absolute atomic E-state index is 0.327. The first kappa shape index (κ1) is 18.9. The Hall–Kier alpha value is -2.45. The van der Waals surface area contributed by atoms with Gasteiger partial charge >= 0.3 is 18.4 Å². The molecule has 9 heteroatoms. The molecule has 0 radical (unpaired) electrons. The summed E-state index contributed by atoms with van der Waals surface area (Å²) in [7, 11) is 0. The zero-order chi connectivity index (χ0) is 18.6. The Kier molecular flexibility index (Phi) is 5.76. The first-order valence-electron chi connectivity index (χ1n) is 7.79. The number of ether oxygens (including phenoxy) is 1. The fraction of sp³-hybridized carbons (Fsp3) is 0.500. The summed E-state index contributed by atoms with van der Waals surface area (Å²) < 4.78 is 40.2. The number of aliphatic carboxylic acids is 1. The van der Waals surface area contributed by atoms with Gasteiger partial charge in [0.15, 0.2) is 0 Å². The maximum Gasteiger partial charge on any atom is 0.573 e. The molecule has 1 heterocycles. The molecule has 1 aromatic carbocycles. The first-order valence-corrected chi connectivity index (χ1v) is 7.79. The Labute approximate surface area is 142 Å². The molecular formula is C16H19F3N2O4. The Morgan fingerprint density at radius 3 is 2.28 bits per heavy atom. The summed E-state index contributed by atoms with van der Waals surface area (Å²) in [4.78, 5) is 24.7. The molecule has 0 spiro atoms. The van der Waals surface area contributed by atoms with Crippen LogP contribution in [-0.2, 0) is 4.79 Å². The molecular weight excluding hydrogens is 341 g/mol. The Bertz CT molecular complexity index is 611. The van der Waals surface area contributed by atoms with Gasteiger partial charge in [-0.1, -0.05) is 12.1 Å². The number of nitrogens with one attached hydrogen (secondary N) is 1. The monoisotopic (exact) mass is 360 g/mol. The van der Waals surface area contributed by atoms with Crippen LogP contribution < -0.4 is 10.1 Å². The molecule has 2 amide bonds. The van der Waals surface area contributed by atoms with Gasteiger partial charge in [0, 0.05) is 13.1 Å². The van der Waals surface area contributed by atoms with Crippen molar-refractivity contribution in [1.29, 1.82) is 0 Å². The Morgan fingerprint density at radius 2 is 1.80 bits per heavy atom. The van der Waals surface area contributed by atoms with Crippen molar-refractivity contribution < 1.29 is 32.6 Å². The first-order chi connectivity index (χ1) is 11.7. The second kappa shape index (κ2) is 7.62. The molecule has 1 aliphatic heterocycles. The molecule has 2 N–H and O–H groups in total. The van der Waals surface area contributed by atoms with E-state index >= 15 is 0 Å². The molecule has 1 aliphatic rings. The lowest BCUT2D eigenvalue weighted by molar-refractivity contribution is -0.274. The number of rotatable bonds is 4. The van der Waals surface area contributed by atoms with Gasteiger partial charge in [-0.3, -0.25) is 4.79 Å². The minimum atomic E-state index is -4.75. The maximum atomic E-state index is 12.2. The number of carbonyl (C=O) groups excluding carboxylic acids is 1. The van der Waals surface area contributed by atoms with Gasteiger partial charge in [0.1, 0.15) is 5.75 Å². The number of nitrogens with zero attached hydrogens (tertiary/aromatic N) is 1. The van der Waals surface area contributed by atoms with Crippen molar-refractivity contribution in [1.82, 2.24) is 10.2 Å². The van der Waals surface area contributed by atoms with Gasteiger partial charge in [0.2, 0.25) is 0 Å². The topological polar surface area (TPSA) is 78.9 Å². The third-order valence-corrected chi connectivity index (χ3v) is 4.09. The van der Waals surface area contributed by atoms with E-state index in [0.29, 0.717) is 31.5 Å². The zero-order valence-corrected chi connectivity index (χ0v) is 13.5. The molecule has 1 fully saturated rings. The minimum Gasteiger partial charge on any atom is -0.481 e. The zero-order valence-electron chi connectivity index (χ0n) is 13.5. The highest BCUT2D eigenvalue weighted by Gasteiger charge is 2.31. The Morgan fingerprint density at radius 1 is 1.24 bits per heavy atom. The van der Waals surface area contributed by atoms with Crippen LogP contribution in [0.2, 0.25) is 0 Å². The molecule has 138 valence electrons.